The number of hydrogen-bond acceptors (Lipinski definition) is 3. The molecule has 0 aliphatic rings. The van der Waals surface area contributed by atoms with Gasteiger partial charge in [-0.05, 0) is 17.7 Å². The zero-order valence-electron chi connectivity index (χ0n) is 10.3. The van der Waals surface area contributed by atoms with Crippen molar-refractivity contribution < 1.29 is 17.6 Å². The molecule has 0 amide bonds. The molecule has 4 nitrogen and oxygen atoms in total. The number of halogens is 4. The van der Waals surface area contributed by atoms with Crippen molar-refractivity contribution in [2.24, 2.45) is 0 Å². The first-order valence-corrected chi connectivity index (χ1v) is 5.87. The molecular weight excluding hydrogens is 276 g/mol. The highest BCUT2D eigenvalue weighted by atomic mass is 19.4. The van der Waals surface area contributed by atoms with Crippen LogP contribution in [0.2, 0.25) is 0 Å². The minimum atomic E-state index is -4.68. The minimum Gasteiger partial charge on any atom is -0.312 e. The fourth-order valence-corrected chi connectivity index (χ4v) is 1.69. The Balaban J connectivity index is 1.90. The molecule has 2 rings (SSSR count). The van der Waals surface area contributed by atoms with E-state index in [2.05, 4.69) is 20.5 Å². The monoisotopic (exact) mass is 288 g/mol. The van der Waals surface area contributed by atoms with Gasteiger partial charge in [-0.3, -0.25) is 5.10 Å². The number of hydrogen-bond donors (Lipinski definition) is 2. The van der Waals surface area contributed by atoms with Crippen LogP contribution in [0, 0.1) is 5.82 Å². The van der Waals surface area contributed by atoms with Crippen molar-refractivity contribution in [1.29, 1.82) is 0 Å². The molecule has 8 heteroatoms. The van der Waals surface area contributed by atoms with Crippen molar-refractivity contribution in [3.63, 3.8) is 0 Å². The molecule has 0 aliphatic carbocycles. The maximum absolute atomic E-state index is 13.1. The number of nitrogens with zero attached hydrogens (tertiary/aromatic N) is 2. The second-order valence-corrected chi connectivity index (χ2v) is 4.17. The van der Waals surface area contributed by atoms with Gasteiger partial charge < -0.3 is 5.32 Å². The number of benzene rings is 1. The van der Waals surface area contributed by atoms with Crippen LogP contribution in [0.1, 0.15) is 17.0 Å². The molecule has 108 valence electrons. The van der Waals surface area contributed by atoms with Crippen LogP contribution in [0.25, 0.3) is 0 Å². The van der Waals surface area contributed by atoms with E-state index in [4.69, 9.17) is 0 Å². The summed E-state index contributed by atoms with van der Waals surface area (Å²) in [5.74, 6) is -0.574. The third kappa shape index (κ3) is 3.77. The molecule has 20 heavy (non-hydrogen) atoms. The van der Waals surface area contributed by atoms with E-state index in [0.717, 1.165) is 12.1 Å². The molecule has 0 radical (unpaired) electrons. The highest BCUT2D eigenvalue weighted by Gasteiger charge is 2.34. The molecule has 0 spiro atoms. The molecule has 2 aromatic rings. The average molecular weight is 288 g/mol. The number of H-pyrrole nitrogens is 1. The van der Waals surface area contributed by atoms with Crippen LogP contribution < -0.4 is 5.32 Å². The van der Waals surface area contributed by atoms with Gasteiger partial charge in [-0.1, -0.05) is 6.07 Å². The van der Waals surface area contributed by atoms with Crippen molar-refractivity contribution >= 4 is 0 Å². The quantitative estimate of drug-likeness (QED) is 0.655. The standard InChI is InChI=1S/C12H12F4N4/c13-10-2-1-8(5-9(10)12(14,15)16)6-17-4-3-11-18-7-19-20-11/h1-2,5,7,17H,3-4,6H2,(H,18,19,20). The molecule has 1 aromatic carbocycles. The van der Waals surface area contributed by atoms with Crippen molar-refractivity contribution in [2.75, 3.05) is 6.54 Å². The largest absolute Gasteiger partial charge is 0.419 e. The Hall–Kier alpha value is -1.96. The first kappa shape index (κ1) is 14.4. The smallest absolute Gasteiger partial charge is 0.312 e. The van der Waals surface area contributed by atoms with E-state index in [1.54, 1.807) is 0 Å². The zero-order valence-corrected chi connectivity index (χ0v) is 10.3. The predicted molar refractivity (Wildman–Crippen MR) is 63.2 cm³/mol. The van der Waals surface area contributed by atoms with Gasteiger partial charge in [0.1, 0.15) is 18.0 Å². The van der Waals surface area contributed by atoms with Crippen molar-refractivity contribution in [1.82, 2.24) is 20.5 Å². The molecular formula is C12H12F4N4. The van der Waals surface area contributed by atoms with Crippen molar-refractivity contribution in [2.45, 2.75) is 19.1 Å². The Kier molecular flexibility index (Phi) is 4.33. The molecule has 0 aliphatic heterocycles. The van der Waals surface area contributed by atoms with Crippen LogP contribution in [0.4, 0.5) is 17.6 Å². The summed E-state index contributed by atoms with van der Waals surface area (Å²) >= 11 is 0. The number of rotatable bonds is 5. The van der Waals surface area contributed by atoms with Gasteiger partial charge in [-0.2, -0.15) is 18.3 Å². The van der Waals surface area contributed by atoms with Gasteiger partial charge in [-0.15, -0.1) is 0 Å². The Morgan fingerprint density at radius 3 is 2.70 bits per heavy atom. The number of nitrogens with one attached hydrogen (secondary N) is 2. The predicted octanol–water partition coefficient (Wildman–Crippen LogP) is 2.29. The maximum atomic E-state index is 13.1. The fourth-order valence-electron chi connectivity index (χ4n) is 1.69. The summed E-state index contributed by atoms with van der Waals surface area (Å²) in [6.07, 6.45) is -2.72. The van der Waals surface area contributed by atoms with Gasteiger partial charge >= 0.3 is 6.18 Å². The maximum Gasteiger partial charge on any atom is 0.419 e. The van der Waals surface area contributed by atoms with Crippen LogP contribution in [0.15, 0.2) is 24.5 Å². The lowest BCUT2D eigenvalue weighted by Crippen LogP contribution is -2.18. The number of aromatic amines is 1. The fraction of sp³-hybridized carbons (Fsp3) is 0.333. The van der Waals surface area contributed by atoms with Gasteiger partial charge in [0, 0.05) is 19.5 Å². The van der Waals surface area contributed by atoms with Crippen molar-refractivity contribution in [3.05, 3.63) is 47.3 Å². The van der Waals surface area contributed by atoms with E-state index in [1.807, 2.05) is 0 Å². The lowest BCUT2D eigenvalue weighted by Gasteiger charge is -2.10. The van der Waals surface area contributed by atoms with Crippen LogP contribution in [0.5, 0.6) is 0 Å². The molecule has 0 fully saturated rings. The van der Waals surface area contributed by atoms with E-state index < -0.39 is 17.6 Å². The first-order chi connectivity index (χ1) is 9.47. The van der Waals surface area contributed by atoms with Crippen LogP contribution >= 0.6 is 0 Å². The summed E-state index contributed by atoms with van der Waals surface area (Å²) in [7, 11) is 0. The van der Waals surface area contributed by atoms with E-state index in [1.165, 1.54) is 12.4 Å². The Morgan fingerprint density at radius 1 is 1.25 bits per heavy atom. The van der Waals surface area contributed by atoms with Crippen molar-refractivity contribution in [3.8, 4) is 0 Å². The summed E-state index contributed by atoms with van der Waals surface area (Å²) in [6.45, 7) is 0.741. The first-order valence-electron chi connectivity index (χ1n) is 5.87. The SMILES string of the molecule is Fc1ccc(CNCCc2ncn[nH]2)cc1C(F)(F)F. The molecule has 2 N–H and O–H groups in total. The third-order valence-electron chi connectivity index (χ3n) is 2.67. The minimum absolute atomic E-state index is 0.220. The highest BCUT2D eigenvalue weighted by molar-refractivity contribution is 5.27. The Morgan fingerprint density at radius 2 is 2.05 bits per heavy atom. The summed E-state index contributed by atoms with van der Waals surface area (Å²) in [4.78, 5) is 3.91. The van der Waals surface area contributed by atoms with Crippen LogP contribution in [-0.2, 0) is 19.1 Å². The zero-order chi connectivity index (χ0) is 14.6. The second-order valence-electron chi connectivity index (χ2n) is 4.17. The molecule has 0 saturated carbocycles. The van der Waals surface area contributed by atoms with Gasteiger partial charge in [-0.25, -0.2) is 9.37 Å². The van der Waals surface area contributed by atoms with Gasteiger partial charge in [0.15, 0.2) is 0 Å². The summed E-state index contributed by atoms with van der Waals surface area (Å²) in [5.41, 5.74) is -0.872. The van der Waals surface area contributed by atoms with Crippen LogP contribution in [-0.4, -0.2) is 21.7 Å². The van der Waals surface area contributed by atoms with E-state index in [9.17, 15) is 17.6 Å². The summed E-state index contributed by atoms with van der Waals surface area (Å²) < 4.78 is 50.6. The molecule has 0 atom stereocenters. The van der Waals surface area contributed by atoms with Gasteiger partial charge in [0.25, 0.3) is 0 Å². The molecule has 0 saturated heterocycles. The summed E-state index contributed by atoms with van der Waals surface area (Å²) in [5, 5.41) is 9.31. The normalized spacial score (nSPS) is 11.8. The lowest BCUT2D eigenvalue weighted by molar-refractivity contribution is -0.140. The van der Waals surface area contributed by atoms with E-state index >= 15 is 0 Å². The second kappa shape index (κ2) is 6.00. The Bertz CT molecular complexity index is 551. The van der Waals surface area contributed by atoms with Crippen LogP contribution in [0.3, 0.4) is 0 Å². The topological polar surface area (TPSA) is 53.6 Å². The third-order valence-corrected chi connectivity index (χ3v) is 2.67. The van der Waals surface area contributed by atoms with Gasteiger partial charge in [0.2, 0.25) is 0 Å². The summed E-state index contributed by atoms with van der Waals surface area (Å²) in [6, 6.07) is 2.97. The number of alkyl halides is 3. The van der Waals surface area contributed by atoms with E-state index in [0.29, 0.717) is 24.4 Å². The van der Waals surface area contributed by atoms with Gasteiger partial charge in [0.05, 0.1) is 5.56 Å². The molecule has 1 aromatic heterocycles. The molecule has 1 heterocycles. The lowest BCUT2D eigenvalue weighted by atomic mass is 10.1. The molecule has 0 bridgehead atoms. The Labute approximate surface area is 112 Å². The molecule has 0 unspecified atom stereocenters. The number of aromatic nitrogens is 3. The average Bonchev–Trinajstić information content (AvgIpc) is 2.88. The van der Waals surface area contributed by atoms with E-state index in [-0.39, 0.29) is 6.54 Å². The highest BCUT2D eigenvalue weighted by Crippen LogP contribution is 2.31.